The summed E-state index contributed by atoms with van der Waals surface area (Å²) in [6.45, 7) is 0. The molecule has 1 aromatic heterocycles. The van der Waals surface area contributed by atoms with E-state index in [2.05, 4.69) is 20.9 Å². The summed E-state index contributed by atoms with van der Waals surface area (Å²) in [7, 11) is 1.56. The molecule has 2 rings (SSSR count). The lowest BCUT2D eigenvalue weighted by Gasteiger charge is -2.05. The van der Waals surface area contributed by atoms with Gasteiger partial charge in [-0.25, -0.2) is 9.18 Å². The van der Waals surface area contributed by atoms with Gasteiger partial charge in [0.05, 0.1) is 0 Å². The summed E-state index contributed by atoms with van der Waals surface area (Å²) in [4.78, 5) is 14.4. The average Bonchev–Trinajstić information content (AvgIpc) is 2.64. The van der Waals surface area contributed by atoms with Crippen molar-refractivity contribution in [1.82, 2.24) is 9.55 Å². The summed E-state index contributed by atoms with van der Waals surface area (Å²) >= 11 is 3.13. The van der Waals surface area contributed by atoms with Gasteiger partial charge in [0.15, 0.2) is 17.3 Å². The van der Waals surface area contributed by atoms with Gasteiger partial charge in [0.25, 0.3) is 0 Å². The van der Waals surface area contributed by atoms with Gasteiger partial charge < -0.3 is 14.4 Å². The summed E-state index contributed by atoms with van der Waals surface area (Å²) in [5.41, 5.74) is -0.162. The molecule has 1 aromatic carbocycles. The Morgan fingerprint density at radius 1 is 1.56 bits per heavy atom. The fourth-order valence-corrected chi connectivity index (χ4v) is 1.64. The van der Waals surface area contributed by atoms with E-state index in [0.717, 1.165) is 0 Å². The Bertz CT molecular complexity index is 612. The minimum Gasteiger partial charge on any atom is -0.476 e. The van der Waals surface area contributed by atoms with Gasteiger partial charge in [-0.2, -0.15) is 4.98 Å². The number of imidazole rings is 1. The van der Waals surface area contributed by atoms with Crippen molar-refractivity contribution in [2.45, 2.75) is 0 Å². The lowest BCUT2D eigenvalue weighted by Crippen LogP contribution is -1.96. The van der Waals surface area contributed by atoms with Crippen molar-refractivity contribution < 1.29 is 19.0 Å². The number of carboxylic acids is 1. The van der Waals surface area contributed by atoms with Crippen LogP contribution in [0.5, 0.6) is 11.8 Å². The molecule has 0 fully saturated rings. The fourth-order valence-electron chi connectivity index (χ4n) is 1.30. The van der Waals surface area contributed by atoms with Gasteiger partial charge >= 0.3 is 12.0 Å². The van der Waals surface area contributed by atoms with Crippen LogP contribution in [0.1, 0.15) is 10.5 Å². The summed E-state index contributed by atoms with van der Waals surface area (Å²) < 4.78 is 20.7. The molecule has 2 aromatic rings. The van der Waals surface area contributed by atoms with Crippen LogP contribution in [0.2, 0.25) is 0 Å². The van der Waals surface area contributed by atoms with Crippen molar-refractivity contribution in [1.29, 1.82) is 0 Å². The Hall–Kier alpha value is -1.89. The first kappa shape index (κ1) is 12.6. The Morgan fingerprint density at radius 3 is 2.83 bits per heavy atom. The molecule has 0 aliphatic heterocycles. The molecule has 0 spiro atoms. The van der Waals surface area contributed by atoms with Crippen LogP contribution in [0.25, 0.3) is 0 Å². The van der Waals surface area contributed by atoms with Gasteiger partial charge in [-0.05, 0) is 18.2 Å². The van der Waals surface area contributed by atoms with E-state index in [0.29, 0.717) is 4.47 Å². The predicted molar refractivity (Wildman–Crippen MR) is 64.3 cm³/mol. The average molecular weight is 315 g/mol. The number of ether oxygens (including phenoxy) is 1. The molecule has 94 valence electrons. The monoisotopic (exact) mass is 314 g/mol. The van der Waals surface area contributed by atoms with E-state index in [1.807, 2.05) is 0 Å². The SMILES string of the molecule is Cn1cc(C(=O)O)nc1Oc1ccc(Br)cc1F. The van der Waals surface area contributed by atoms with Crippen LogP contribution in [0.4, 0.5) is 4.39 Å². The van der Waals surface area contributed by atoms with Gasteiger partial charge in [-0.3, -0.25) is 0 Å². The molecule has 0 atom stereocenters. The van der Waals surface area contributed by atoms with Crippen molar-refractivity contribution in [3.63, 3.8) is 0 Å². The van der Waals surface area contributed by atoms with E-state index >= 15 is 0 Å². The van der Waals surface area contributed by atoms with Crippen LogP contribution in [-0.2, 0) is 7.05 Å². The van der Waals surface area contributed by atoms with E-state index in [9.17, 15) is 9.18 Å². The largest absolute Gasteiger partial charge is 0.476 e. The van der Waals surface area contributed by atoms with Crippen molar-refractivity contribution >= 4 is 21.9 Å². The second kappa shape index (κ2) is 4.77. The zero-order valence-corrected chi connectivity index (χ0v) is 10.8. The van der Waals surface area contributed by atoms with E-state index in [1.54, 1.807) is 13.1 Å². The highest BCUT2D eigenvalue weighted by atomic mass is 79.9. The van der Waals surface area contributed by atoms with Gasteiger partial charge in [0.2, 0.25) is 0 Å². The minimum atomic E-state index is -1.17. The molecule has 7 heteroatoms. The highest BCUT2D eigenvalue weighted by molar-refractivity contribution is 9.10. The van der Waals surface area contributed by atoms with E-state index in [4.69, 9.17) is 9.84 Å². The third-order valence-electron chi connectivity index (χ3n) is 2.15. The summed E-state index contributed by atoms with van der Waals surface area (Å²) in [5.74, 6) is -1.76. The smallest absolute Gasteiger partial charge is 0.356 e. The molecular formula is C11H8BrFN2O3. The molecule has 0 bridgehead atoms. The second-order valence-corrected chi connectivity index (χ2v) is 4.42. The lowest BCUT2D eigenvalue weighted by molar-refractivity contribution is 0.0690. The van der Waals surface area contributed by atoms with Crippen molar-refractivity contribution in [2.24, 2.45) is 7.05 Å². The van der Waals surface area contributed by atoms with E-state index in [1.165, 1.54) is 22.9 Å². The number of nitrogens with zero attached hydrogens (tertiary/aromatic N) is 2. The molecule has 0 radical (unpaired) electrons. The molecule has 18 heavy (non-hydrogen) atoms. The number of aryl methyl sites for hydroxylation is 1. The van der Waals surface area contributed by atoms with Crippen molar-refractivity contribution in [3.05, 3.63) is 40.4 Å². The molecule has 0 saturated heterocycles. The molecule has 0 aliphatic rings. The first-order valence-electron chi connectivity index (χ1n) is 4.87. The van der Waals surface area contributed by atoms with E-state index < -0.39 is 11.8 Å². The molecule has 1 N–H and O–H groups in total. The highest BCUT2D eigenvalue weighted by Crippen LogP contribution is 2.26. The number of carboxylic acid groups (broad SMARTS) is 1. The van der Waals surface area contributed by atoms with Gasteiger partial charge in [0.1, 0.15) is 0 Å². The summed E-state index contributed by atoms with van der Waals surface area (Å²) in [5, 5.41) is 8.77. The third-order valence-corrected chi connectivity index (χ3v) is 2.64. The first-order chi connectivity index (χ1) is 8.47. The van der Waals surface area contributed by atoms with E-state index in [-0.39, 0.29) is 17.5 Å². The topological polar surface area (TPSA) is 64.4 Å². The number of halogens is 2. The van der Waals surface area contributed by atoms with Crippen LogP contribution in [0, 0.1) is 5.82 Å². The maximum atomic E-state index is 13.5. The number of rotatable bonds is 3. The normalized spacial score (nSPS) is 10.4. The number of hydrogen-bond donors (Lipinski definition) is 1. The Kier molecular flexibility index (Phi) is 3.33. The zero-order chi connectivity index (χ0) is 13.3. The van der Waals surface area contributed by atoms with Crippen LogP contribution in [0.15, 0.2) is 28.9 Å². The maximum absolute atomic E-state index is 13.5. The first-order valence-corrected chi connectivity index (χ1v) is 5.66. The highest BCUT2D eigenvalue weighted by Gasteiger charge is 2.14. The number of aromatic nitrogens is 2. The summed E-state index contributed by atoms with van der Waals surface area (Å²) in [6.07, 6.45) is 1.29. The molecular weight excluding hydrogens is 307 g/mol. The van der Waals surface area contributed by atoms with Crippen molar-refractivity contribution in [3.8, 4) is 11.8 Å². The van der Waals surface area contributed by atoms with Gasteiger partial charge in [0, 0.05) is 17.7 Å². The number of hydrogen-bond acceptors (Lipinski definition) is 3. The predicted octanol–water partition coefficient (Wildman–Crippen LogP) is 2.81. The lowest BCUT2D eigenvalue weighted by atomic mass is 10.3. The van der Waals surface area contributed by atoms with Crippen molar-refractivity contribution in [2.75, 3.05) is 0 Å². The van der Waals surface area contributed by atoms with Gasteiger partial charge in [-0.15, -0.1) is 0 Å². The molecule has 0 aliphatic carbocycles. The van der Waals surface area contributed by atoms with Crippen LogP contribution in [0.3, 0.4) is 0 Å². The molecule has 5 nitrogen and oxygen atoms in total. The molecule has 1 heterocycles. The number of benzene rings is 1. The van der Waals surface area contributed by atoms with Crippen LogP contribution >= 0.6 is 15.9 Å². The van der Waals surface area contributed by atoms with Gasteiger partial charge in [-0.1, -0.05) is 15.9 Å². The number of carbonyl (C=O) groups is 1. The quantitative estimate of drug-likeness (QED) is 0.946. The second-order valence-electron chi connectivity index (χ2n) is 3.50. The molecule has 0 saturated carbocycles. The van der Waals surface area contributed by atoms with Crippen LogP contribution < -0.4 is 4.74 Å². The zero-order valence-electron chi connectivity index (χ0n) is 9.22. The Balaban J connectivity index is 2.31. The molecule has 0 amide bonds. The third kappa shape index (κ3) is 2.51. The minimum absolute atomic E-state index is 0.00798. The Labute approximate surface area is 110 Å². The van der Waals surface area contributed by atoms with Crippen LogP contribution in [-0.4, -0.2) is 20.6 Å². The standard InChI is InChI=1S/C11H8BrFN2O3/c1-15-5-8(10(16)17)14-11(15)18-9-3-2-6(12)4-7(9)13/h2-5H,1H3,(H,16,17). The number of aromatic carboxylic acids is 1. The molecule has 0 unspecified atom stereocenters. The Morgan fingerprint density at radius 2 is 2.28 bits per heavy atom. The fraction of sp³-hybridized carbons (Fsp3) is 0.0909. The maximum Gasteiger partial charge on any atom is 0.356 e. The summed E-state index contributed by atoms with van der Waals surface area (Å²) in [6, 6.07) is 4.29.